The van der Waals surface area contributed by atoms with Gasteiger partial charge in [0.15, 0.2) is 10.8 Å². The molecule has 1 saturated heterocycles. The van der Waals surface area contributed by atoms with Gasteiger partial charge in [-0.2, -0.15) is 0 Å². The number of aliphatic hydroxyl groups excluding tert-OH is 4. The standard InChI is InChI=1S/C6H11BrO6.4C2H4O2/c7-6(12)4(10)3(9)2(1-8)13-5(6)11;4*1-2(3)4/h2-5,8-12H,1H2;4*1H3,(H,3,4)/t2-,3-,4+,5+,6-;;;;/m1..../s1. The van der Waals surface area contributed by atoms with Gasteiger partial charge in [-0.1, -0.05) is 0 Å². The van der Waals surface area contributed by atoms with Crippen LogP contribution in [0, 0.1) is 0 Å². The normalized spacial score (nSPS) is 26.8. The van der Waals surface area contributed by atoms with E-state index >= 15 is 0 Å². The van der Waals surface area contributed by atoms with Gasteiger partial charge in [-0.3, -0.25) is 19.2 Å². The molecule has 29 heavy (non-hydrogen) atoms. The van der Waals surface area contributed by atoms with Crippen LogP contribution in [-0.4, -0.2) is 106 Å². The van der Waals surface area contributed by atoms with Gasteiger partial charge in [-0.15, -0.1) is 0 Å². The van der Waals surface area contributed by atoms with Gasteiger partial charge in [0.2, 0.25) is 0 Å². The van der Waals surface area contributed by atoms with E-state index in [1.807, 2.05) is 0 Å². The number of carboxylic acid groups (broad SMARTS) is 4. The van der Waals surface area contributed by atoms with Gasteiger partial charge in [0.25, 0.3) is 23.9 Å². The van der Waals surface area contributed by atoms with E-state index in [4.69, 9.17) is 49.8 Å². The lowest BCUT2D eigenvalue weighted by atomic mass is 9.99. The second kappa shape index (κ2) is 18.2. The minimum Gasteiger partial charge on any atom is -0.481 e. The highest BCUT2D eigenvalue weighted by Crippen LogP contribution is 2.33. The maximum Gasteiger partial charge on any atom is 0.300 e. The molecule has 0 spiro atoms. The van der Waals surface area contributed by atoms with Crippen LogP contribution in [0.3, 0.4) is 0 Å². The van der Waals surface area contributed by atoms with Crippen molar-refractivity contribution in [3.8, 4) is 0 Å². The van der Waals surface area contributed by atoms with Crippen LogP contribution in [0.4, 0.5) is 0 Å². The van der Waals surface area contributed by atoms with Gasteiger partial charge in [-0.05, 0) is 15.9 Å². The molecule has 0 aromatic carbocycles. The molecule has 15 heteroatoms. The van der Waals surface area contributed by atoms with Crippen LogP contribution < -0.4 is 0 Å². The number of carbonyl (C=O) groups is 4. The Labute approximate surface area is 173 Å². The monoisotopic (exact) mass is 498 g/mol. The van der Waals surface area contributed by atoms with Crippen molar-refractivity contribution in [2.45, 2.75) is 56.8 Å². The molecule has 0 radical (unpaired) electrons. The first kappa shape index (κ1) is 34.6. The van der Waals surface area contributed by atoms with Crippen molar-refractivity contribution in [2.75, 3.05) is 6.61 Å². The largest absolute Gasteiger partial charge is 0.481 e. The maximum atomic E-state index is 9.35. The topological polar surface area (TPSA) is 260 Å². The number of halogens is 1. The van der Waals surface area contributed by atoms with E-state index in [1.54, 1.807) is 0 Å². The third-order valence-corrected chi connectivity index (χ3v) is 2.81. The van der Waals surface area contributed by atoms with Crippen molar-refractivity contribution in [1.29, 1.82) is 0 Å². The molecule has 1 rings (SSSR count). The maximum absolute atomic E-state index is 9.35. The molecule has 1 aliphatic rings. The Bertz CT molecular complexity index is 431. The minimum atomic E-state index is -2.11. The Morgan fingerprint density at radius 3 is 1.28 bits per heavy atom. The highest BCUT2D eigenvalue weighted by molar-refractivity contribution is 9.10. The average molecular weight is 499 g/mol. The van der Waals surface area contributed by atoms with Crippen LogP contribution in [-0.2, 0) is 23.9 Å². The average Bonchev–Trinajstić information content (AvgIpc) is 2.47. The summed E-state index contributed by atoms with van der Waals surface area (Å²) in [5.74, 6) is -3.33. The summed E-state index contributed by atoms with van der Waals surface area (Å²) < 4.78 is 2.52. The lowest BCUT2D eigenvalue weighted by molar-refractivity contribution is -0.296. The van der Waals surface area contributed by atoms with Gasteiger partial charge < -0.3 is 50.7 Å². The van der Waals surface area contributed by atoms with Gasteiger partial charge in [0.05, 0.1) is 6.61 Å². The Balaban J connectivity index is -0.000000162. The summed E-state index contributed by atoms with van der Waals surface area (Å²) >= 11 is 2.61. The number of carboxylic acids is 4. The molecule has 0 saturated carbocycles. The zero-order chi connectivity index (χ0) is 24.5. The summed E-state index contributed by atoms with van der Waals surface area (Å²) in [6.07, 6.45) is -5.91. The first-order valence-electron chi connectivity index (χ1n) is 7.34. The van der Waals surface area contributed by atoms with E-state index in [1.165, 1.54) is 0 Å². The molecule has 0 aliphatic carbocycles. The predicted molar refractivity (Wildman–Crippen MR) is 97.1 cm³/mol. The van der Waals surface area contributed by atoms with E-state index in [0.29, 0.717) is 0 Å². The molecule has 174 valence electrons. The van der Waals surface area contributed by atoms with Gasteiger partial charge in [0.1, 0.15) is 18.3 Å². The molecular weight excluding hydrogens is 472 g/mol. The third-order valence-electron chi connectivity index (χ3n) is 1.95. The van der Waals surface area contributed by atoms with Crippen LogP contribution in [0.2, 0.25) is 0 Å². The van der Waals surface area contributed by atoms with E-state index in [9.17, 15) is 15.3 Å². The molecule has 0 aromatic heterocycles. The molecule has 9 N–H and O–H groups in total. The molecule has 0 aromatic rings. The fourth-order valence-electron chi connectivity index (χ4n) is 1.08. The van der Waals surface area contributed by atoms with Crippen molar-refractivity contribution in [2.24, 2.45) is 0 Å². The first-order valence-corrected chi connectivity index (χ1v) is 8.13. The molecule has 1 heterocycles. The number of rotatable bonds is 1. The summed E-state index contributed by atoms with van der Waals surface area (Å²) in [4.78, 5) is 36.0. The summed E-state index contributed by atoms with van der Waals surface area (Å²) in [5.41, 5.74) is 0. The SMILES string of the molecule is CC(=O)O.CC(=O)O.CC(=O)O.CC(=O)O.OC[C@H]1O[C@H](O)[C@@](O)(Br)[C@@H](O)[C@@H]1O. The molecule has 5 atom stereocenters. The predicted octanol–water partition coefficient (Wildman–Crippen LogP) is -2.14. The smallest absolute Gasteiger partial charge is 0.300 e. The van der Waals surface area contributed by atoms with Crippen molar-refractivity contribution in [3.05, 3.63) is 0 Å². The van der Waals surface area contributed by atoms with E-state index < -0.39 is 59.6 Å². The zero-order valence-electron chi connectivity index (χ0n) is 16.0. The Hall–Kier alpha value is -1.88. The number of hydrogen-bond acceptors (Lipinski definition) is 10. The fourth-order valence-corrected chi connectivity index (χ4v) is 1.46. The van der Waals surface area contributed by atoms with Crippen molar-refractivity contribution < 1.29 is 69.9 Å². The third kappa shape index (κ3) is 26.1. The van der Waals surface area contributed by atoms with Crippen molar-refractivity contribution >= 4 is 39.8 Å². The Morgan fingerprint density at radius 2 is 1.07 bits per heavy atom. The van der Waals surface area contributed by atoms with Crippen LogP contribution in [0.15, 0.2) is 0 Å². The van der Waals surface area contributed by atoms with Crippen LogP contribution in [0.25, 0.3) is 0 Å². The lowest BCUT2D eigenvalue weighted by Gasteiger charge is -2.42. The lowest BCUT2D eigenvalue weighted by Crippen LogP contribution is -2.63. The zero-order valence-corrected chi connectivity index (χ0v) is 17.5. The van der Waals surface area contributed by atoms with Crippen LogP contribution in [0.1, 0.15) is 27.7 Å². The van der Waals surface area contributed by atoms with E-state index in [-0.39, 0.29) is 0 Å². The number of aliphatic carboxylic acids is 4. The fraction of sp³-hybridized carbons (Fsp3) is 0.714. The van der Waals surface area contributed by atoms with Crippen LogP contribution in [0.5, 0.6) is 0 Å². The minimum absolute atomic E-state index is 0.557. The second-order valence-electron chi connectivity index (χ2n) is 4.95. The Morgan fingerprint density at radius 1 is 0.828 bits per heavy atom. The van der Waals surface area contributed by atoms with Gasteiger partial charge >= 0.3 is 0 Å². The summed E-state index contributed by atoms with van der Waals surface area (Å²) in [6.45, 7) is 3.78. The Kier molecular flexibility index (Phi) is 21.7. The van der Waals surface area contributed by atoms with E-state index in [2.05, 4.69) is 20.7 Å². The van der Waals surface area contributed by atoms with Crippen molar-refractivity contribution in [3.63, 3.8) is 0 Å². The molecule has 14 nitrogen and oxygen atoms in total. The molecule has 1 fully saturated rings. The summed E-state index contributed by atoms with van der Waals surface area (Å²) in [7, 11) is 0. The molecule has 0 bridgehead atoms. The van der Waals surface area contributed by atoms with Gasteiger partial charge in [-0.25, -0.2) is 0 Å². The van der Waals surface area contributed by atoms with Crippen molar-refractivity contribution in [1.82, 2.24) is 0 Å². The molecular formula is C14H27BrO14. The summed E-state index contributed by atoms with van der Waals surface area (Å²) in [6, 6.07) is 0. The van der Waals surface area contributed by atoms with E-state index in [0.717, 1.165) is 27.7 Å². The quantitative estimate of drug-likeness (QED) is 0.175. The first-order chi connectivity index (χ1) is 12.8. The number of aliphatic hydroxyl groups is 5. The molecule has 0 unspecified atom stereocenters. The number of alkyl halides is 1. The van der Waals surface area contributed by atoms with Crippen LogP contribution >= 0.6 is 15.9 Å². The number of ether oxygens (including phenoxy) is 1. The highest BCUT2D eigenvalue weighted by Gasteiger charge is 2.52. The second-order valence-corrected chi connectivity index (χ2v) is 6.22. The summed E-state index contributed by atoms with van der Waals surface area (Å²) in [5, 5.41) is 75.3. The van der Waals surface area contributed by atoms with Gasteiger partial charge in [0, 0.05) is 27.7 Å². The number of hydrogen-bond donors (Lipinski definition) is 9. The highest BCUT2D eigenvalue weighted by atomic mass is 79.9. The molecule has 1 aliphatic heterocycles. The molecule has 0 amide bonds.